The van der Waals surface area contributed by atoms with Crippen molar-refractivity contribution >= 4 is 21.6 Å². The predicted molar refractivity (Wildman–Crippen MR) is 88.3 cm³/mol. The van der Waals surface area contributed by atoms with E-state index in [4.69, 9.17) is 5.26 Å². The Morgan fingerprint density at radius 2 is 2.23 bits per heavy atom. The van der Waals surface area contributed by atoms with Crippen LogP contribution in [-0.2, 0) is 13.0 Å². The normalized spacial score (nSPS) is 10.8. The van der Waals surface area contributed by atoms with Crippen molar-refractivity contribution < 1.29 is 0 Å². The fourth-order valence-electron chi connectivity index (χ4n) is 2.67. The molecule has 2 aromatic heterocycles. The van der Waals surface area contributed by atoms with Crippen LogP contribution in [0.25, 0.3) is 10.2 Å². The van der Waals surface area contributed by atoms with Gasteiger partial charge in [-0.05, 0) is 36.6 Å². The quantitative estimate of drug-likeness (QED) is 0.746. The van der Waals surface area contributed by atoms with Crippen molar-refractivity contribution in [2.24, 2.45) is 0 Å². The molecule has 0 unspecified atom stereocenters. The lowest BCUT2D eigenvalue weighted by Gasteiger charge is -2.06. The van der Waals surface area contributed by atoms with Crippen molar-refractivity contribution in [3.63, 3.8) is 0 Å². The fraction of sp³-hybridized carbons (Fsp3) is 0.235. The lowest BCUT2D eigenvalue weighted by atomic mass is 10.1. The highest BCUT2D eigenvalue weighted by atomic mass is 32.1. The third-order valence-corrected chi connectivity index (χ3v) is 4.80. The Morgan fingerprint density at radius 3 is 2.95 bits per heavy atom. The van der Waals surface area contributed by atoms with Crippen LogP contribution in [0, 0.1) is 18.3 Å². The number of hydrogen-bond acceptors (Lipinski definition) is 4. The minimum absolute atomic E-state index is 0.00596. The number of aromatic nitrogens is 2. The van der Waals surface area contributed by atoms with Gasteiger partial charge in [-0.15, -0.1) is 11.3 Å². The number of benzene rings is 1. The summed E-state index contributed by atoms with van der Waals surface area (Å²) < 4.78 is 1.62. The zero-order chi connectivity index (χ0) is 15.7. The number of nitrogens with zero attached hydrogens (tertiary/aromatic N) is 3. The van der Waals surface area contributed by atoms with Gasteiger partial charge in [0.1, 0.15) is 4.83 Å². The van der Waals surface area contributed by atoms with Crippen molar-refractivity contribution in [1.29, 1.82) is 5.26 Å². The van der Waals surface area contributed by atoms with Gasteiger partial charge in [-0.2, -0.15) is 5.26 Å². The highest BCUT2D eigenvalue weighted by molar-refractivity contribution is 7.18. The molecule has 3 rings (SSSR count). The van der Waals surface area contributed by atoms with Gasteiger partial charge in [0.2, 0.25) is 0 Å². The molecule has 0 spiro atoms. The van der Waals surface area contributed by atoms with E-state index in [1.165, 1.54) is 0 Å². The van der Waals surface area contributed by atoms with E-state index < -0.39 is 0 Å². The number of rotatable bonds is 3. The first kappa shape index (κ1) is 14.5. The van der Waals surface area contributed by atoms with Crippen molar-refractivity contribution in [3.05, 3.63) is 62.5 Å². The van der Waals surface area contributed by atoms with Crippen LogP contribution >= 0.6 is 11.3 Å². The van der Waals surface area contributed by atoms with Crippen LogP contribution < -0.4 is 5.56 Å². The van der Waals surface area contributed by atoms with Crippen molar-refractivity contribution in [1.82, 2.24) is 9.55 Å². The second kappa shape index (κ2) is 5.74. The molecule has 22 heavy (non-hydrogen) atoms. The van der Waals surface area contributed by atoms with Crippen LogP contribution in [0.4, 0.5) is 0 Å². The third kappa shape index (κ3) is 2.42. The van der Waals surface area contributed by atoms with E-state index in [1.54, 1.807) is 34.4 Å². The summed E-state index contributed by atoms with van der Waals surface area (Å²) in [6.07, 6.45) is 2.43. The average Bonchev–Trinajstić information content (AvgIpc) is 2.86. The Hall–Kier alpha value is -2.45. The van der Waals surface area contributed by atoms with Crippen molar-refractivity contribution in [3.8, 4) is 6.07 Å². The van der Waals surface area contributed by atoms with Crippen LogP contribution in [-0.4, -0.2) is 9.55 Å². The van der Waals surface area contributed by atoms with Gasteiger partial charge in [0.25, 0.3) is 5.56 Å². The first-order valence-electron chi connectivity index (χ1n) is 7.10. The maximum absolute atomic E-state index is 12.7. The highest BCUT2D eigenvalue weighted by Gasteiger charge is 2.14. The maximum atomic E-state index is 12.7. The molecule has 0 atom stereocenters. The smallest absolute Gasteiger partial charge is 0.262 e. The third-order valence-electron chi connectivity index (χ3n) is 3.74. The maximum Gasteiger partial charge on any atom is 0.262 e. The number of thiophene rings is 1. The Labute approximate surface area is 132 Å². The Kier molecular flexibility index (Phi) is 3.78. The van der Waals surface area contributed by atoms with Crippen LogP contribution in [0.2, 0.25) is 0 Å². The molecule has 4 nitrogen and oxygen atoms in total. The van der Waals surface area contributed by atoms with Gasteiger partial charge in [0.05, 0.1) is 29.9 Å². The topological polar surface area (TPSA) is 58.7 Å². The molecule has 0 radical (unpaired) electrons. The van der Waals surface area contributed by atoms with Crippen molar-refractivity contribution in [2.75, 3.05) is 0 Å². The van der Waals surface area contributed by atoms with Crippen LogP contribution in [0.5, 0.6) is 0 Å². The molecule has 0 N–H and O–H groups in total. The number of fused-ring (bicyclic) bond motifs is 1. The largest absolute Gasteiger partial charge is 0.294 e. The fourth-order valence-corrected chi connectivity index (χ4v) is 3.74. The zero-order valence-electron chi connectivity index (χ0n) is 12.5. The molecule has 0 aliphatic carbocycles. The minimum Gasteiger partial charge on any atom is -0.294 e. The Bertz CT molecular complexity index is 947. The average molecular weight is 309 g/mol. The van der Waals surface area contributed by atoms with E-state index in [0.717, 1.165) is 32.6 Å². The summed E-state index contributed by atoms with van der Waals surface area (Å²) >= 11 is 1.57. The number of aryl methyl sites for hydroxylation is 2. The van der Waals surface area contributed by atoms with Gasteiger partial charge in [-0.3, -0.25) is 9.36 Å². The highest BCUT2D eigenvalue weighted by Crippen LogP contribution is 2.26. The van der Waals surface area contributed by atoms with E-state index in [-0.39, 0.29) is 5.56 Å². The molecule has 110 valence electrons. The molecular formula is C17H15N3OS. The molecule has 2 heterocycles. The minimum atomic E-state index is -0.00596. The summed E-state index contributed by atoms with van der Waals surface area (Å²) in [6, 6.07) is 9.42. The van der Waals surface area contributed by atoms with E-state index in [1.807, 2.05) is 19.1 Å². The summed E-state index contributed by atoms with van der Waals surface area (Å²) in [5.74, 6) is 0. The molecule has 0 bridgehead atoms. The molecule has 1 aromatic carbocycles. The first-order chi connectivity index (χ1) is 10.6. The second-order valence-electron chi connectivity index (χ2n) is 5.16. The summed E-state index contributed by atoms with van der Waals surface area (Å²) in [7, 11) is 0. The Balaban J connectivity index is 2.10. The van der Waals surface area contributed by atoms with Gasteiger partial charge in [0.15, 0.2) is 0 Å². The van der Waals surface area contributed by atoms with Gasteiger partial charge >= 0.3 is 0 Å². The van der Waals surface area contributed by atoms with E-state index in [9.17, 15) is 4.79 Å². The SMILES string of the molecule is CCc1c(C)sc2ncn(Cc3cccc(C#N)c3)c(=O)c12. The van der Waals surface area contributed by atoms with E-state index in [2.05, 4.69) is 18.0 Å². The summed E-state index contributed by atoms with van der Waals surface area (Å²) in [5, 5.41) is 9.71. The van der Waals surface area contributed by atoms with Crippen LogP contribution in [0.1, 0.15) is 28.5 Å². The van der Waals surface area contributed by atoms with Gasteiger partial charge < -0.3 is 0 Å². The molecule has 0 saturated heterocycles. The molecule has 3 aromatic rings. The van der Waals surface area contributed by atoms with Gasteiger partial charge in [-0.25, -0.2) is 4.98 Å². The molecule has 0 amide bonds. The zero-order valence-corrected chi connectivity index (χ0v) is 13.3. The summed E-state index contributed by atoms with van der Waals surface area (Å²) in [6.45, 7) is 4.52. The number of hydrogen-bond donors (Lipinski definition) is 0. The standard InChI is InChI=1S/C17H15N3OS/c1-3-14-11(2)22-16-15(14)17(21)20(10-19-16)9-13-6-4-5-12(7-13)8-18/h4-7,10H,3,9H2,1-2H3. The Morgan fingerprint density at radius 1 is 1.41 bits per heavy atom. The molecular weight excluding hydrogens is 294 g/mol. The van der Waals surface area contributed by atoms with E-state index in [0.29, 0.717) is 12.1 Å². The van der Waals surface area contributed by atoms with Crippen molar-refractivity contribution in [2.45, 2.75) is 26.8 Å². The summed E-state index contributed by atoms with van der Waals surface area (Å²) in [4.78, 5) is 19.1. The van der Waals surface area contributed by atoms with Crippen LogP contribution in [0.3, 0.4) is 0 Å². The monoisotopic (exact) mass is 309 g/mol. The van der Waals surface area contributed by atoms with E-state index >= 15 is 0 Å². The van der Waals surface area contributed by atoms with Crippen LogP contribution in [0.15, 0.2) is 35.4 Å². The number of nitriles is 1. The molecule has 0 aliphatic rings. The summed E-state index contributed by atoms with van der Waals surface area (Å²) in [5.41, 5.74) is 2.61. The molecule has 5 heteroatoms. The first-order valence-corrected chi connectivity index (χ1v) is 7.92. The predicted octanol–water partition coefficient (Wildman–Crippen LogP) is 3.25. The van der Waals surface area contributed by atoms with Gasteiger partial charge in [-0.1, -0.05) is 19.1 Å². The lowest BCUT2D eigenvalue weighted by Crippen LogP contribution is -2.21. The lowest BCUT2D eigenvalue weighted by molar-refractivity contribution is 0.748. The molecule has 0 fully saturated rings. The van der Waals surface area contributed by atoms with Gasteiger partial charge in [0, 0.05) is 4.88 Å². The molecule has 0 saturated carbocycles. The molecule has 0 aliphatic heterocycles. The second-order valence-corrected chi connectivity index (χ2v) is 6.36.